The van der Waals surface area contributed by atoms with E-state index in [-0.39, 0.29) is 36.1 Å². The Hall–Kier alpha value is -1.72. The second kappa shape index (κ2) is 12.2. The summed E-state index contributed by atoms with van der Waals surface area (Å²) >= 11 is 0. The monoisotopic (exact) mass is 527 g/mol. The van der Waals surface area contributed by atoms with Gasteiger partial charge in [-0.05, 0) is 33.0 Å². The van der Waals surface area contributed by atoms with Gasteiger partial charge in [-0.2, -0.15) is 5.10 Å². The zero-order valence-corrected chi connectivity index (χ0v) is 20.7. The molecule has 1 aliphatic rings. The lowest BCUT2D eigenvalue weighted by atomic mass is 10.1. The first kappa shape index (κ1) is 24.5. The number of methoxy groups -OCH3 is 1. The smallest absolute Gasteiger partial charge is 0.191 e. The van der Waals surface area contributed by atoms with Crippen LogP contribution in [0.15, 0.2) is 35.3 Å². The minimum Gasteiger partial charge on any atom is -0.377 e. The lowest BCUT2D eigenvalue weighted by Crippen LogP contribution is -2.47. The molecule has 1 aromatic heterocycles. The van der Waals surface area contributed by atoms with Crippen molar-refractivity contribution in [2.24, 2.45) is 4.99 Å². The minimum atomic E-state index is 0. The van der Waals surface area contributed by atoms with Crippen molar-refractivity contribution >= 4 is 29.9 Å². The average molecular weight is 527 g/mol. The fourth-order valence-corrected chi connectivity index (χ4v) is 3.60. The number of ether oxygens (including phenoxy) is 1. The normalized spacial score (nSPS) is 17.2. The van der Waals surface area contributed by atoms with Gasteiger partial charge in [0.05, 0.1) is 19.1 Å². The number of aromatic nitrogens is 3. The molecule has 166 valence electrons. The van der Waals surface area contributed by atoms with Crippen molar-refractivity contribution in [1.29, 1.82) is 0 Å². The lowest BCUT2D eigenvalue weighted by Gasteiger charge is -2.27. The van der Waals surface area contributed by atoms with Crippen molar-refractivity contribution < 1.29 is 4.74 Å². The molecule has 0 spiro atoms. The van der Waals surface area contributed by atoms with Crippen molar-refractivity contribution in [2.75, 3.05) is 34.3 Å². The van der Waals surface area contributed by atoms with E-state index < -0.39 is 0 Å². The van der Waals surface area contributed by atoms with Gasteiger partial charge < -0.3 is 20.3 Å². The number of hydrogen-bond acceptors (Lipinski definition) is 5. The fourth-order valence-electron chi connectivity index (χ4n) is 3.60. The van der Waals surface area contributed by atoms with Crippen molar-refractivity contribution in [3.8, 4) is 0 Å². The summed E-state index contributed by atoms with van der Waals surface area (Å²) in [6.07, 6.45) is 1.91. The molecule has 2 unspecified atom stereocenters. The third-order valence-corrected chi connectivity index (χ3v) is 5.09. The quantitative estimate of drug-likeness (QED) is 0.312. The zero-order valence-electron chi connectivity index (χ0n) is 18.3. The van der Waals surface area contributed by atoms with Gasteiger partial charge in [-0.1, -0.05) is 30.3 Å². The van der Waals surface area contributed by atoms with E-state index in [2.05, 4.69) is 70.9 Å². The highest BCUT2D eigenvalue weighted by molar-refractivity contribution is 14.0. The van der Waals surface area contributed by atoms with Gasteiger partial charge >= 0.3 is 0 Å². The molecular weight excluding hydrogens is 493 g/mol. The number of hydrogen-bond donors (Lipinski definition) is 2. The molecule has 2 heterocycles. The minimum absolute atomic E-state index is 0. The van der Waals surface area contributed by atoms with Crippen LogP contribution in [-0.2, 0) is 24.3 Å². The Kier molecular flexibility index (Phi) is 9.99. The Labute approximate surface area is 196 Å². The second-order valence-corrected chi connectivity index (χ2v) is 7.55. The fraction of sp³-hybridized carbons (Fsp3) is 0.571. The topological polar surface area (TPSA) is 79.6 Å². The maximum absolute atomic E-state index is 5.15. The number of aliphatic imine (C=N–C) groups is 1. The van der Waals surface area contributed by atoms with Crippen molar-refractivity contribution in [3.05, 3.63) is 47.5 Å². The molecule has 0 saturated carbocycles. The first-order valence-electron chi connectivity index (χ1n) is 10.3. The van der Waals surface area contributed by atoms with E-state index in [0.717, 1.165) is 43.5 Å². The number of aryl methyl sites for hydroxylation is 1. The summed E-state index contributed by atoms with van der Waals surface area (Å²) in [6.45, 7) is 4.83. The van der Waals surface area contributed by atoms with Crippen molar-refractivity contribution in [2.45, 2.75) is 45.0 Å². The van der Waals surface area contributed by atoms with Crippen LogP contribution in [0.3, 0.4) is 0 Å². The summed E-state index contributed by atoms with van der Waals surface area (Å²) in [4.78, 5) is 11.6. The zero-order chi connectivity index (χ0) is 20.6. The van der Waals surface area contributed by atoms with Crippen LogP contribution in [0, 0.1) is 0 Å². The third kappa shape index (κ3) is 6.64. The van der Waals surface area contributed by atoms with Crippen LogP contribution < -0.4 is 10.6 Å². The van der Waals surface area contributed by atoms with Crippen LogP contribution in [0.1, 0.15) is 36.6 Å². The Morgan fingerprint density at radius 3 is 2.77 bits per heavy atom. The van der Waals surface area contributed by atoms with Gasteiger partial charge in [-0.3, -0.25) is 4.99 Å². The molecule has 9 heteroatoms. The number of nitrogens with zero attached hydrogens (tertiary/aromatic N) is 5. The molecule has 0 fully saturated rings. The molecule has 3 rings (SSSR count). The third-order valence-electron chi connectivity index (χ3n) is 5.09. The van der Waals surface area contributed by atoms with Crippen LogP contribution in [0.5, 0.6) is 0 Å². The molecule has 8 nitrogen and oxygen atoms in total. The Morgan fingerprint density at radius 2 is 2.10 bits per heavy atom. The largest absolute Gasteiger partial charge is 0.377 e. The number of rotatable bonds is 8. The highest BCUT2D eigenvalue weighted by Crippen LogP contribution is 2.18. The predicted molar refractivity (Wildman–Crippen MR) is 130 cm³/mol. The number of benzene rings is 1. The van der Waals surface area contributed by atoms with E-state index in [9.17, 15) is 0 Å². The first-order valence-corrected chi connectivity index (χ1v) is 10.3. The Bertz CT molecular complexity index is 794. The molecule has 30 heavy (non-hydrogen) atoms. The number of halogens is 1. The molecule has 0 amide bonds. The van der Waals surface area contributed by atoms with Crippen molar-refractivity contribution in [1.82, 2.24) is 30.3 Å². The molecule has 0 aliphatic carbocycles. The molecule has 1 aromatic carbocycles. The number of fused-ring (bicyclic) bond motifs is 1. The van der Waals surface area contributed by atoms with E-state index in [4.69, 9.17) is 9.73 Å². The molecule has 2 atom stereocenters. The van der Waals surface area contributed by atoms with Crippen LogP contribution in [0.25, 0.3) is 0 Å². The summed E-state index contributed by atoms with van der Waals surface area (Å²) in [5, 5.41) is 11.5. The molecule has 2 N–H and O–H groups in total. The maximum atomic E-state index is 5.15. The van der Waals surface area contributed by atoms with Crippen LogP contribution in [0.2, 0.25) is 0 Å². The van der Waals surface area contributed by atoms with E-state index in [1.54, 1.807) is 7.11 Å². The predicted octanol–water partition coefficient (Wildman–Crippen LogP) is 2.22. The van der Waals surface area contributed by atoms with Crippen LogP contribution in [0.4, 0.5) is 0 Å². The molecule has 0 bridgehead atoms. The number of nitrogens with one attached hydrogen (secondary N) is 2. The average Bonchev–Trinajstić information content (AvgIpc) is 3.11. The Balaban J connectivity index is 0.00000320. The highest BCUT2D eigenvalue weighted by Gasteiger charge is 2.22. The van der Waals surface area contributed by atoms with Gasteiger partial charge in [0.15, 0.2) is 11.8 Å². The highest BCUT2D eigenvalue weighted by atomic mass is 127. The summed E-state index contributed by atoms with van der Waals surface area (Å²) < 4.78 is 7.14. The van der Waals surface area contributed by atoms with Crippen molar-refractivity contribution in [3.63, 3.8) is 0 Å². The second-order valence-electron chi connectivity index (χ2n) is 7.55. The number of guanidine groups is 1. The van der Waals surface area contributed by atoms with Crippen LogP contribution >= 0.6 is 24.0 Å². The van der Waals surface area contributed by atoms with Gasteiger partial charge in [-0.15, -0.1) is 24.0 Å². The van der Waals surface area contributed by atoms with E-state index in [1.807, 2.05) is 10.7 Å². The molecule has 0 radical (unpaired) electrons. The van der Waals surface area contributed by atoms with Gasteiger partial charge in [0.2, 0.25) is 0 Å². The molecule has 2 aromatic rings. The SMILES string of the molecule is CCNC(=NCC(c1ccccc1)N(C)C)NC1CCc2nc(COC)nn2C1.I. The van der Waals surface area contributed by atoms with Gasteiger partial charge in [-0.25, -0.2) is 9.67 Å². The molecule has 1 aliphatic heterocycles. The Morgan fingerprint density at radius 1 is 1.33 bits per heavy atom. The standard InChI is InChI=1S/C21H33N7O.HI/c1-5-22-21(23-13-18(27(2)3)16-9-7-6-8-10-16)24-17-11-12-20-25-19(15-29-4)26-28(20)14-17;/h6-10,17-18H,5,11-15H2,1-4H3,(H2,22,23,24);1H. The van der Waals surface area contributed by atoms with Gasteiger partial charge in [0, 0.05) is 26.1 Å². The summed E-state index contributed by atoms with van der Waals surface area (Å²) in [6, 6.07) is 11.0. The summed E-state index contributed by atoms with van der Waals surface area (Å²) in [5.41, 5.74) is 1.27. The van der Waals surface area contributed by atoms with Gasteiger partial charge in [0.25, 0.3) is 0 Å². The first-order chi connectivity index (χ1) is 14.1. The number of likely N-dealkylation sites (N-methyl/N-ethyl adjacent to an activating group) is 1. The maximum Gasteiger partial charge on any atom is 0.191 e. The van der Waals surface area contributed by atoms with E-state index >= 15 is 0 Å². The van der Waals surface area contributed by atoms with Gasteiger partial charge in [0.1, 0.15) is 12.4 Å². The van der Waals surface area contributed by atoms with E-state index in [1.165, 1.54) is 5.56 Å². The summed E-state index contributed by atoms with van der Waals surface area (Å²) in [7, 11) is 5.86. The van der Waals surface area contributed by atoms with Crippen LogP contribution in [-0.4, -0.2) is 66.0 Å². The molecule has 0 saturated heterocycles. The molecular formula is C21H34IN7O. The van der Waals surface area contributed by atoms with E-state index in [0.29, 0.717) is 13.2 Å². The lowest BCUT2D eigenvalue weighted by molar-refractivity contribution is 0.177. The summed E-state index contributed by atoms with van der Waals surface area (Å²) in [5.74, 6) is 2.63.